The monoisotopic (exact) mass is 520 g/mol. The van der Waals surface area contributed by atoms with Crippen molar-refractivity contribution in [1.82, 2.24) is 0 Å². The second-order valence-corrected chi connectivity index (χ2v) is 9.11. The maximum Gasteiger partial charge on any atom is 0.0701 e. The zero-order chi connectivity index (χ0) is 26.0. The first kappa shape index (κ1) is 35.7. The second-order valence-electron chi connectivity index (χ2n) is 9.11. The summed E-state index contributed by atoms with van der Waals surface area (Å²) in [6, 6.07) is 0. The Hall–Kier alpha value is -0.280. The van der Waals surface area contributed by atoms with Crippen LogP contribution in [0.5, 0.6) is 0 Å². The molecular weight excluding hydrogens is 460 g/mol. The van der Waals surface area contributed by atoms with Crippen LogP contribution in [0.1, 0.15) is 97.3 Å². The van der Waals surface area contributed by atoms with E-state index in [-0.39, 0.29) is 0 Å². The molecule has 7 nitrogen and oxygen atoms in total. The summed E-state index contributed by atoms with van der Waals surface area (Å²) in [5.41, 5.74) is 0. The van der Waals surface area contributed by atoms with Crippen LogP contribution in [0.3, 0.4) is 0 Å². The van der Waals surface area contributed by atoms with E-state index in [0.717, 1.165) is 19.6 Å². The fourth-order valence-corrected chi connectivity index (χ4v) is 3.69. The fourth-order valence-electron chi connectivity index (χ4n) is 3.69. The molecule has 0 aromatic rings. The topological polar surface area (TPSA) is 64.6 Å². The third-order valence-corrected chi connectivity index (χ3v) is 5.83. The second kappa shape index (κ2) is 34.7. The number of ether oxygens (including phenoxy) is 7. The quantitative estimate of drug-likeness (QED) is 0.0953. The molecule has 0 unspecified atom stereocenters. The van der Waals surface area contributed by atoms with E-state index in [9.17, 15) is 0 Å². The molecule has 0 aliphatic heterocycles. The molecule has 0 bridgehead atoms. The number of hydrogen-bond donors (Lipinski definition) is 0. The Morgan fingerprint density at radius 3 is 0.806 bits per heavy atom. The SMILES string of the molecule is CCCCCCCCCCCCCCCOCCOCCOCCOCCOCCOCCOCC. The van der Waals surface area contributed by atoms with Crippen molar-refractivity contribution < 1.29 is 33.2 Å². The molecule has 0 N–H and O–H groups in total. The van der Waals surface area contributed by atoms with Crippen LogP contribution in [0.15, 0.2) is 0 Å². The number of unbranched alkanes of at least 4 members (excludes halogenated alkanes) is 12. The first-order valence-corrected chi connectivity index (χ1v) is 15.0. The molecule has 0 fully saturated rings. The smallest absolute Gasteiger partial charge is 0.0701 e. The molecule has 36 heavy (non-hydrogen) atoms. The number of rotatable bonds is 33. The molecule has 0 saturated heterocycles. The molecule has 0 spiro atoms. The van der Waals surface area contributed by atoms with Crippen molar-refractivity contribution >= 4 is 0 Å². The van der Waals surface area contributed by atoms with Crippen LogP contribution in [-0.2, 0) is 33.2 Å². The molecular formula is C29H60O7. The average Bonchev–Trinajstić information content (AvgIpc) is 2.89. The molecule has 0 aliphatic rings. The Kier molecular flexibility index (Phi) is 34.4. The molecule has 0 heterocycles. The van der Waals surface area contributed by atoms with Crippen LogP contribution in [0.4, 0.5) is 0 Å². The first-order valence-electron chi connectivity index (χ1n) is 15.0. The van der Waals surface area contributed by atoms with Crippen molar-refractivity contribution in [2.45, 2.75) is 97.3 Å². The Balaban J connectivity index is 3.00. The van der Waals surface area contributed by atoms with Crippen LogP contribution >= 0.6 is 0 Å². The van der Waals surface area contributed by atoms with Crippen molar-refractivity contribution in [3.63, 3.8) is 0 Å². The highest BCUT2D eigenvalue weighted by Crippen LogP contribution is 2.12. The molecule has 0 aliphatic carbocycles. The Labute approximate surface area is 223 Å². The average molecular weight is 521 g/mol. The number of hydrogen-bond acceptors (Lipinski definition) is 7. The Bertz CT molecular complexity index is 338. The fraction of sp³-hybridized carbons (Fsp3) is 1.00. The molecule has 0 saturated carbocycles. The van der Waals surface area contributed by atoms with Gasteiger partial charge in [0.25, 0.3) is 0 Å². The van der Waals surface area contributed by atoms with E-state index in [4.69, 9.17) is 33.2 Å². The zero-order valence-electron chi connectivity index (χ0n) is 23.9. The van der Waals surface area contributed by atoms with Crippen molar-refractivity contribution in [3.8, 4) is 0 Å². The molecule has 0 amide bonds. The van der Waals surface area contributed by atoms with Gasteiger partial charge in [-0.3, -0.25) is 0 Å². The van der Waals surface area contributed by atoms with Crippen LogP contribution in [-0.4, -0.2) is 92.5 Å². The minimum Gasteiger partial charge on any atom is -0.379 e. The Morgan fingerprint density at radius 1 is 0.250 bits per heavy atom. The van der Waals surface area contributed by atoms with E-state index >= 15 is 0 Å². The van der Waals surface area contributed by atoms with Gasteiger partial charge in [0.1, 0.15) is 0 Å². The van der Waals surface area contributed by atoms with E-state index in [1.807, 2.05) is 6.92 Å². The van der Waals surface area contributed by atoms with Crippen LogP contribution in [0.2, 0.25) is 0 Å². The Morgan fingerprint density at radius 2 is 0.500 bits per heavy atom. The van der Waals surface area contributed by atoms with Crippen LogP contribution < -0.4 is 0 Å². The van der Waals surface area contributed by atoms with Gasteiger partial charge in [-0.25, -0.2) is 0 Å². The van der Waals surface area contributed by atoms with Crippen LogP contribution in [0.25, 0.3) is 0 Å². The molecule has 0 atom stereocenters. The van der Waals surface area contributed by atoms with Gasteiger partial charge in [-0.2, -0.15) is 0 Å². The maximum atomic E-state index is 5.65. The van der Waals surface area contributed by atoms with E-state index < -0.39 is 0 Å². The minimum absolute atomic E-state index is 0.565. The molecule has 0 radical (unpaired) electrons. The molecule has 0 aromatic heterocycles. The largest absolute Gasteiger partial charge is 0.379 e. The lowest BCUT2D eigenvalue weighted by molar-refractivity contribution is -0.0202. The van der Waals surface area contributed by atoms with Crippen molar-refractivity contribution in [2.24, 2.45) is 0 Å². The summed E-state index contributed by atoms with van der Waals surface area (Å²) in [4.78, 5) is 0. The highest BCUT2D eigenvalue weighted by atomic mass is 16.6. The molecule has 7 heteroatoms. The molecule has 0 rings (SSSR count). The first-order chi connectivity index (χ1) is 17.9. The van der Waals surface area contributed by atoms with E-state index in [1.165, 1.54) is 77.0 Å². The van der Waals surface area contributed by atoms with Gasteiger partial charge in [-0.05, 0) is 13.3 Å². The standard InChI is InChI=1S/C29H60O7/c1-3-5-6-7-8-9-10-11-12-13-14-15-16-17-31-20-21-33-24-25-35-28-29-36-27-26-34-23-22-32-19-18-30-4-2/h3-29H2,1-2H3. The van der Waals surface area contributed by atoms with Gasteiger partial charge < -0.3 is 33.2 Å². The van der Waals surface area contributed by atoms with Crippen molar-refractivity contribution in [3.05, 3.63) is 0 Å². The summed E-state index contributed by atoms with van der Waals surface area (Å²) in [5, 5.41) is 0. The van der Waals surface area contributed by atoms with Crippen LogP contribution in [0, 0.1) is 0 Å². The highest BCUT2D eigenvalue weighted by Gasteiger charge is 1.96. The molecule has 218 valence electrons. The van der Waals surface area contributed by atoms with Gasteiger partial charge in [0.05, 0.1) is 79.3 Å². The van der Waals surface area contributed by atoms with Gasteiger partial charge in [-0.1, -0.05) is 84.0 Å². The lowest BCUT2D eigenvalue weighted by atomic mass is 10.0. The van der Waals surface area contributed by atoms with Gasteiger partial charge in [-0.15, -0.1) is 0 Å². The van der Waals surface area contributed by atoms with Crippen molar-refractivity contribution in [2.75, 3.05) is 92.5 Å². The van der Waals surface area contributed by atoms with Crippen molar-refractivity contribution in [1.29, 1.82) is 0 Å². The molecule has 0 aromatic carbocycles. The summed E-state index contributed by atoms with van der Waals surface area (Å²) in [6.45, 7) is 13.0. The van der Waals surface area contributed by atoms with Gasteiger partial charge in [0, 0.05) is 13.2 Å². The van der Waals surface area contributed by atoms with Gasteiger partial charge in [0.15, 0.2) is 0 Å². The van der Waals surface area contributed by atoms with Gasteiger partial charge >= 0.3 is 0 Å². The predicted molar refractivity (Wildman–Crippen MR) is 147 cm³/mol. The summed E-state index contributed by atoms with van der Waals surface area (Å²) in [5.74, 6) is 0. The lowest BCUT2D eigenvalue weighted by Crippen LogP contribution is -2.14. The summed E-state index contributed by atoms with van der Waals surface area (Å²) in [7, 11) is 0. The summed E-state index contributed by atoms with van der Waals surface area (Å²) in [6.07, 6.45) is 17.9. The third-order valence-electron chi connectivity index (χ3n) is 5.83. The maximum absolute atomic E-state index is 5.65. The predicted octanol–water partition coefficient (Wildman–Crippen LogP) is 6.21. The summed E-state index contributed by atoms with van der Waals surface area (Å²) < 4.78 is 38.1. The van der Waals surface area contributed by atoms with E-state index in [0.29, 0.717) is 79.3 Å². The summed E-state index contributed by atoms with van der Waals surface area (Å²) >= 11 is 0. The van der Waals surface area contributed by atoms with E-state index in [2.05, 4.69) is 6.92 Å². The zero-order valence-corrected chi connectivity index (χ0v) is 23.9. The minimum atomic E-state index is 0.565. The van der Waals surface area contributed by atoms with Gasteiger partial charge in [0.2, 0.25) is 0 Å². The lowest BCUT2D eigenvalue weighted by Gasteiger charge is -2.08. The highest BCUT2D eigenvalue weighted by molar-refractivity contribution is 4.49. The normalized spacial score (nSPS) is 11.5. The van der Waals surface area contributed by atoms with E-state index in [1.54, 1.807) is 0 Å². The third kappa shape index (κ3) is 33.7.